The molecule has 1 aliphatic carbocycles. The van der Waals surface area contributed by atoms with Gasteiger partial charge in [0.1, 0.15) is 0 Å². The van der Waals surface area contributed by atoms with Crippen LogP contribution < -0.4 is 5.32 Å². The Morgan fingerprint density at radius 3 is 2.62 bits per heavy atom. The van der Waals surface area contributed by atoms with Crippen LogP contribution in [0.5, 0.6) is 0 Å². The molecule has 0 aromatic carbocycles. The highest BCUT2D eigenvalue weighted by atomic mass is 14.9. The van der Waals surface area contributed by atoms with E-state index in [4.69, 9.17) is 0 Å². The van der Waals surface area contributed by atoms with E-state index < -0.39 is 0 Å². The summed E-state index contributed by atoms with van der Waals surface area (Å²) in [6.45, 7) is 8.32. The molecule has 2 atom stereocenters. The second-order valence-electron chi connectivity index (χ2n) is 4.51. The first-order valence-corrected chi connectivity index (χ1v) is 5.59. The molecular weight excluding hydrogens is 158 g/mol. The fourth-order valence-corrected chi connectivity index (χ4v) is 1.86. The summed E-state index contributed by atoms with van der Waals surface area (Å²) in [4.78, 5) is 0. The van der Waals surface area contributed by atoms with Crippen LogP contribution in [-0.4, -0.2) is 12.1 Å². The molecule has 0 radical (unpaired) electrons. The smallest absolute Gasteiger partial charge is 0.00441 e. The van der Waals surface area contributed by atoms with Gasteiger partial charge in [-0.15, -0.1) is 6.58 Å². The van der Waals surface area contributed by atoms with E-state index in [0.29, 0.717) is 12.1 Å². The minimum atomic E-state index is 0.645. The molecular formula is C12H23N. The maximum Gasteiger partial charge on any atom is 0.00441 e. The van der Waals surface area contributed by atoms with Crippen LogP contribution in [0, 0.1) is 5.92 Å². The van der Waals surface area contributed by atoms with E-state index >= 15 is 0 Å². The largest absolute Gasteiger partial charge is 0.312 e. The summed E-state index contributed by atoms with van der Waals surface area (Å²) in [6.07, 6.45) is 8.66. The molecule has 1 saturated carbocycles. The Balaban J connectivity index is 2.02. The fourth-order valence-electron chi connectivity index (χ4n) is 1.86. The minimum absolute atomic E-state index is 0.645. The molecule has 0 aliphatic heterocycles. The van der Waals surface area contributed by atoms with Gasteiger partial charge in [0, 0.05) is 12.1 Å². The zero-order valence-electron chi connectivity index (χ0n) is 9.05. The molecule has 0 aromatic rings. The molecule has 2 unspecified atom stereocenters. The molecule has 1 nitrogen and oxygen atoms in total. The van der Waals surface area contributed by atoms with Crippen LogP contribution in [0.1, 0.15) is 46.0 Å². The third kappa shape index (κ3) is 5.09. The molecule has 13 heavy (non-hydrogen) atoms. The predicted molar refractivity (Wildman–Crippen MR) is 58.8 cm³/mol. The first-order valence-electron chi connectivity index (χ1n) is 5.59. The monoisotopic (exact) mass is 181 g/mol. The zero-order valence-corrected chi connectivity index (χ0v) is 9.05. The third-order valence-electron chi connectivity index (χ3n) is 2.76. The lowest BCUT2D eigenvalue weighted by Crippen LogP contribution is -2.34. The van der Waals surface area contributed by atoms with E-state index in [9.17, 15) is 0 Å². The Labute approximate surface area is 82.6 Å². The Hall–Kier alpha value is -0.300. The molecule has 0 bridgehead atoms. The van der Waals surface area contributed by atoms with Gasteiger partial charge in [-0.1, -0.05) is 18.9 Å². The molecule has 0 aromatic heterocycles. The molecule has 1 N–H and O–H groups in total. The lowest BCUT2D eigenvalue weighted by molar-refractivity contribution is 0.416. The number of hydrogen-bond acceptors (Lipinski definition) is 1. The summed E-state index contributed by atoms with van der Waals surface area (Å²) in [5.41, 5.74) is 0. The first kappa shape index (κ1) is 10.8. The molecule has 1 aliphatic rings. The van der Waals surface area contributed by atoms with Gasteiger partial charge >= 0.3 is 0 Å². The van der Waals surface area contributed by atoms with Gasteiger partial charge < -0.3 is 5.32 Å². The Kier molecular flexibility index (Phi) is 4.51. The SMILES string of the molecule is C=CCCC(C)NC(C)CC1CC1. The standard InChI is InChI=1S/C12H23N/c1-4-5-6-10(2)13-11(3)9-12-7-8-12/h4,10-13H,1,5-9H2,2-3H3. The second-order valence-corrected chi connectivity index (χ2v) is 4.51. The lowest BCUT2D eigenvalue weighted by Gasteiger charge is -2.19. The van der Waals surface area contributed by atoms with Gasteiger partial charge in [0.15, 0.2) is 0 Å². The number of rotatable bonds is 7. The number of hydrogen-bond donors (Lipinski definition) is 1. The highest BCUT2D eigenvalue weighted by Crippen LogP contribution is 2.33. The molecule has 1 fully saturated rings. The van der Waals surface area contributed by atoms with E-state index in [1.807, 2.05) is 6.08 Å². The molecule has 0 amide bonds. The number of allylic oxidation sites excluding steroid dienone is 1. The average molecular weight is 181 g/mol. The topological polar surface area (TPSA) is 12.0 Å². The molecule has 0 heterocycles. The first-order chi connectivity index (χ1) is 6.22. The molecule has 1 heteroatoms. The molecule has 76 valence electrons. The molecule has 0 saturated heterocycles. The van der Waals surface area contributed by atoms with Gasteiger partial charge in [-0.2, -0.15) is 0 Å². The van der Waals surface area contributed by atoms with Crippen LogP contribution >= 0.6 is 0 Å². The maximum absolute atomic E-state index is 3.74. The van der Waals surface area contributed by atoms with E-state index in [-0.39, 0.29) is 0 Å². The zero-order chi connectivity index (χ0) is 9.68. The van der Waals surface area contributed by atoms with Gasteiger partial charge in [0.2, 0.25) is 0 Å². The van der Waals surface area contributed by atoms with Crippen molar-refractivity contribution in [1.29, 1.82) is 0 Å². The summed E-state index contributed by atoms with van der Waals surface area (Å²) in [5, 5.41) is 3.64. The van der Waals surface area contributed by atoms with Crippen molar-refractivity contribution >= 4 is 0 Å². The normalized spacial score (nSPS) is 21.1. The summed E-state index contributed by atoms with van der Waals surface area (Å²) >= 11 is 0. The summed E-state index contributed by atoms with van der Waals surface area (Å²) < 4.78 is 0. The lowest BCUT2D eigenvalue weighted by atomic mass is 10.1. The number of nitrogens with one attached hydrogen (secondary N) is 1. The third-order valence-corrected chi connectivity index (χ3v) is 2.76. The van der Waals surface area contributed by atoms with Crippen molar-refractivity contribution in [2.24, 2.45) is 5.92 Å². The van der Waals surface area contributed by atoms with E-state index in [1.165, 1.54) is 25.7 Å². The van der Waals surface area contributed by atoms with Crippen molar-refractivity contribution in [3.05, 3.63) is 12.7 Å². The highest BCUT2D eigenvalue weighted by molar-refractivity contribution is 4.80. The summed E-state index contributed by atoms with van der Waals surface area (Å²) in [7, 11) is 0. The van der Waals surface area contributed by atoms with Gasteiger partial charge in [-0.05, 0) is 39.0 Å². The van der Waals surface area contributed by atoms with Crippen LogP contribution in [0.3, 0.4) is 0 Å². The van der Waals surface area contributed by atoms with Gasteiger partial charge in [0.25, 0.3) is 0 Å². The molecule has 1 rings (SSSR count). The van der Waals surface area contributed by atoms with Crippen LogP contribution in [-0.2, 0) is 0 Å². The van der Waals surface area contributed by atoms with Crippen LogP contribution in [0.25, 0.3) is 0 Å². The van der Waals surface area contributed by atoms with Gasteiger partial charge in [-0.25, -0.2) is 0 Å². The Morgan fingerprint density at radius 2 is 2.08 bits per heavy atom. The summed E-state index contributed by atoms with van der Waals surface area (Å²) in [5.74, 6) is 1.04. The molecule has 0 spiro atoms. The van der Waals surface area contributed by atoms with Crippen molar-refractivity contribution in [2.75, 3.05) is 0 Å². The van der Waals surface area contributed by atoms with Crippen molar-refractivity contribution < 1.29 is 0 Å². The van der Waals surface area contributed by atoms with Crippen molar-refractivity contribution in [3.63, 3.8) is 0 Å². The quantitative estimate of drug-likeness (QED) is 0.595. The van der Waals surface area contributed by atoms with Crippen molar-refractivity contribution in [3.8, 4) is 0 Å². The van der Waals surface area contributed by atoms with Crippen LogP contribution in [0.4, 0.5) is 0 Å². The van der Waals surface area contributed by atoms with Crippen LogP contribution in [0.2, 0.25) is 0 Å². The average Bonchev–Trinajstić information content (AvgIpc) is 2.84. The van der Waals surface area contributed by atoms with E-state index in [0.717, 1.165) is 12.3 Å². The fraction of sp³-hybridized carbons (Fsp3) is 0.833. The second kappa shape index (κ2) is 5.43. The highest BCUT2D eigenvalue weighted by Gasteiger charge is 2.23. The minimum Gasteiger partial charge on any atom is -0.312 e. The maximum atomic E-state index is 3.74. The Morgan fingerprint density at radius 1 is 1.38 bits per heavy atom. The van der Waals surface area contributed by atoms with E-state index in [1.54, 1.807) is 0 Å². The van der Waals surface area contributed by atoms with Crippen molar-refractivity contribution in [1.82, 2.24) is 5.32 Å². The van der Waals surface area contributed by atoms with E-state index in [2.05, 4.69) is 25.7 Å². The van der Waals surface area contributed by atoms with Gasteiger partial charge in [0.05, 0.1) is 0 Å². The summed E-state index contributed by atoms with van der Waals surface area (Å²) in [6, 6.07) is 1.35. The van der Waals surface area contributed by atoms with Crippen molar-refractivity contribution in [2.45, 2.75) is 58.0 Å². The predicted octanol–water partition coefficient (Wildman–Crippen LogP) is 3.12. The van der Waals surface area contributed by atoms with Gasteiger partial charge in [-0.3, -0.25) is 0 Å². The van der Waals surface area contributed by atoms with Crippen LogP contribution in [0.15, 0.2) is 12.7 Å². The Bertz CT molecular complexity index is 149.